The largest absolute Gasteiger partial charge is 0.399 e. The number of nitrogens with one attached hydrogen (secondary N) is 1. The summed E-state index contributed by atoms with van der Waals surface area (Å²) in [6.07, 6.45) is 7.09. The maximum absolute atomic E-state index is 12.8. The summed E-state index contributed by atoms with van der Waals surface area (Å²) in [6.45, 7) is 2.75. The van der Waals surface area contributed by atoms with Crippen molar-refractivity contribution in [1.29, 1.82) is 0 Å². The van der Waals surface area contributed by atoms with E-state index in [0.29, 0.717) is 17.4 Å². The van der Waals surface area contributed by atoms with Crippen molar-refractivity contribution in [2.24, 2.45) is 5.92 Å². The molecule has 1 aromatic carbocycles. The number of nitrogens with two attached hydrogens (primary N) is 1. The van der Waals surface area contributed by atoms with Crippen molar-refractivity contribution in [3.05, 3.63) is 58.9 Å². The zero-order chi connectivity index (χ0) is 18.1. The van der Waals surface area contributed by atoms with Crippen molar-refractivity contribution in [2.45, 2.75) is 38.8 Å². The Morgan fingerprint density at radius 2 is 2.04 bits per heavy atom. The summed E-state index contributed by atoms with van der Waals surface area (Å²) in [5.74, 6) is 1.28. The highest BCUT2D eigenvalue weighted by atomic mass is 16.1. The fourth-order valence-corrected chi connectivity index (χ4v) is 3.48. The number of fused-ring (bicyclic) bond motifs is 1. The van der Waals surface area contributed by atoms with E-state index in [4.69, 9.17) is 5.73 Å². The lowest BCUT2D eigenvalue weighted by Crippen LogP contribution is -2.27. The summed E-state index contributed by atoms with van der Waals surface area (Å²) in [7, 11) is 0. The van der Waals surface area contributed by atoms with Gasteiger partial charge in [-0.2, -0.15) is 0 Å². The topological polar surface area (TPSA) is 85.8 Å². The third-order valence-corrected chi connectivity index (χ3v) is 5.15. The van der Waals surface area contributed by atoms with E-state index >= 15 is 0 Å². The highest BCUT2D eigenvalue weighted by molar-refractivity contribution is 5.93. The molecule has 1 saturated carbocycles. The number of hydrogen-bond acceptors (Lipinski definition) is 5. The molecule has 6 nitrogen and oxygen atoms in total. The first-order valence-electron chi connectivity index (χ1n) is 9.08. The van der Waals surface area contributed by atoms with Gasteiger partial charge in [0.25, 0.3) is 5.56 Å². The summed E-state index contributed by atoms with van der Waals surface area (Å²) in [4.78, 5) is 21.4. The Morgan fingerprint density at radius 3 is 2.73 bits per heavy atom. The third-order valence-electron chi connectivity index (χ3n) is 5.15. The van der Waals surface area contributed by atoms with E-state index in [1.54, 1.807) is 24.5 Å². The van der Waals surface area contributed by atoms with Crippen LogP contribution in [0.25, 0.3) is 10.9 Å². The maximum Gasteiger partial charge on any atom is 0.253 e. The molecule has 6 heteroatoms. The van der Waals surface area contributed by atoms with Crippen LogP contribution in [0.3, 0.4) is 0 Å². The molecule has 26 heavy (non-hydrogen) atoms. The molecular formula is C20H23N5O. The van der Waals surface area contributed by atoms with Crippen LogP contribution in [0.4, 0.5) is 11.4 Å². The van der Waals surface area contributed by atoms with Gasteiger partial charge in [0, 0.05) is 41.8 Å². The lowest BCUT2D eigenvalue weighted by Gasteiger charge is -2.27. The molecule has 1 fully saturated rings. The molecule has 0 saturated heterocycles. The quantitative estimate of drug-likeness (QED) is 0.690. The second kappa shape index (κ2) is 6.78. The molecule has 0 amide bonds. The number of nitrogens with zero attached hydrogens (tertiary/aromatic N) is 3. The molecule has 2 heterocycles. The minimum Gasteiger partial charge on any atom is -0.399 e. The predicted molar refractivity (Wildman–Crippen MR) is 104 cm³/mol. The molecule has 3 aromatic rings. The zero-order valence-electron chi connectivity index (χ0n) is 14.9. The highest BCUT2D eigenvalue weighted by Gasteiger charge is 2.20. The van der Waals surface area contributed by atoms with Gasteiger partial charge < -0.3 is 15.6 Å². The van der Waals surface area contributed by atoms with Crippen LogP contribution in [0, 0.1) is 5.92 Å². The van der Waals surface area contributed by atoms with E-state index in [9.17, 15) is 4.79 Å². The predicted octanol–water partition coefficient (Wildman–Crippen LogP) is 3.35. The minimum absolute atomic E-state index is 0.0119. The smallest absolute Gasteiger partial charge is 0.253 e. The Labute approximate surface area is 152 Å². The number of benzene rings is 1. The van der Waals surface area contributed by atoms with Crippen LogP contribution in [-0.4, -0.2) is 14.5 Å². The van der Waals surface area contributed by atoms with Crippen molar-refractivity contribution in [2.75, 3.05) is 11.1 Å². The van der Waals surface area contributed by atoms with Crippen LogP contribution in [0.1, 0.15) is 38.1 Å². The molecule has 3 N–H and O–H groups in total. The van der Waals surface area contributed by atoms with Gasteiger partial charge in [0.1, 0.15) is 5.82 Å². The van der Waals surface area contributed by atoms with Gasteiger partial charge in [-0.15, -0.1) is 0 Å². The van der Waals surface area contributed by atoms with Crippen molar-refractivity contribution >= 4 is 22.3 Å². The average molecular weight is 349 g/mol. The van der Waals surface area contributed by atoms with E-state index in [0.717, 1.165) is 23.1 Å². The van der Waals surface area contributed by atoms with Gasteiger partial charge in [-0.05, 0) is 49.9 Å². The molecule has 0 aliphatic heterocycles. The van der Waals surface area contributed by atoms with Crippen LogP contribution in [0.15, 0.2) is 47.5 Å². The van der Waals surface area contributed by atoms with E-state index in [1.807, 2.05) is 29.7 Å². The standard InChI is InChI=1S/C20H23N5O/c1-13(20-22-8-3-9-23-20)24-17-11-19(26)25(12-14-4-2-5-14)18-7-6-15(21)10-16(17)18/h3,6-11,13-14,24H,2,4-5,12,21H2,1H3. The molecule has 134 valence electrons. The Kier molecular flexibility index (Phi) is 4.32. The van der Waals surface area contributed by atoms with Crippen molar-refractivity contribution in [1.82, 2.24) is 14.5 Å². The summed E-state index contributed by atoms with van der Waals surface area (Å²) in [6, 6.07) is 9.05. The lowest BCUT2D eigenvalue weighted by molar-refractivity contribution is 0.277. The second-order valence-electron chi connectivity index (χ2n) is 7.05. The molecule has 0 spiro atoms. The van der Waals surface area contributed by atoms with Crippen LogP contribution in [0.2, 0.25) is 0 Å². The van der Waals surface area contributed by atoms with Gasteiger partial charge in [-0.25, -0.2) is 9.97 Å². The van der Waals surface area contributed by atoms with Crippen LogP contribution >= 0.6 is 0 Å². The van der Waals surface area contributed by atoms with Crippen molar-refractivity contribution in [3.63, 3.8) is 0 Å². The Hall–Kier alpha value is -2.89. The number of nitrogen functional groups attached to an aromatic ring is 1. The van der Waals surface area contributed by atoms with Gasteiger partial charge >= 0.3 is 0 Å². The van der Waals surface area contributed by atoms with Crippen LogP contribution < -0.4 is 16.6 Å². The first-order valence-corrected chi connectivity index (χ1v) is 9.08. The lowest BCUT2D eigenvalue weighted by atomic mass is 9.85. The van der Waals surface area contributed by atoms with E-state index in [2.05, 4.69) is 15.3 Å². The molecule has 0 radical (unpaired) electrons. The summed E-state index contributed by atoms with van der Waals surface area (Å²) >= 11 is 0. The summed E-state index contributed by atoms with van der Waals surface area (Å²) in [5.41, 5.74) is 8.40. The van der Waals surface area contributed by atoms with E-state index in [1.165, 1.54) is 19.3 Å². The normalized spacial score (nSPS) is 15.6. The van der Waals surface area contributed by atoms with Gasteiger partial charge in [-0.3, -0.25) is 4.79 Å². The molecule has 1 aliphatic carbocycles. The number of pyridine rings is 1. The van der Waals surface area contributed by atoms with Gasteiger partial charge in [-0.1, -0.05) is 6.42 Å². The average Bonchev–Trinajstić information content (AvgIpc) is 2.61. The molecule has 1 atom stereocenters. The summed E-state index contributed by atoms with van der Waals surface area (Å²) < 4.78 is 1.88. The third kappa shape index (κ3) is 3.14. The maximum atomic E-state index is 12.8. The van der Waals surface area contributed by atoms with Gasteiger partial charge in [0.2, 0.25) is 0 Å². The second-order valence-corrected chi connectivity index (χ2v) is 7.05. The highest BCUT2D eigenvalue weighted by Crippen LogP contribution is 2.31. The van der Waals surface area contributed by atoms with Crippen LogP contribution in [-0.2, 0) is 6.54 Å². The van der Waals surface area contributed by atoms with Gasteiger partial charge in [0.15, 0.2) is 0 Å². The number of anilines is 2. The first kappa shape index (κ1) is 16.6. The monoisotopic (exact) mass is 349 g/mol. The van der Waals surface area contributed by atoms with Crippen LogP contribution in [0.5, 0.6) is 0 Å². The number of aromatic nitrogens is 3. The molecule has 2 aromatic heterocycles. The Bertz CT molecular complexity index is 979. The number of hydrogen-bond donors (Lipinski definition) is 2. The molecule has 1 aliphatic rings. The zero-order valence-corrected chi connectivity index (χ0v) is 14.9. The van der Waals surface area contributed by atoms with Crippen molar-refractivity contribution < 1.29 is 0 Å². The van der Waals surface area contributed by atoms with E-state index < -0.39 is 0 Å². The Balaban J connectivity index is 1.76. The van der Waals surface area contributed by atoms with Gasteiger partial charge in [0.05, 0.1) is 11.6 Å². The van der Waals surface area contributed by atoms with Crippen molar-refractivity contribution in [3.8, 4) is 0 Å². The Morgan fingerprint density at radius 1 is 1.27 bits per heavy atom. The molecule has 0 bridgehead atoms. The van der Waals surface area contributed by atoms with E-state index in [-0.39, 0.29) is 11.6 Å². The summed E-state index contributed by atoms with van der Waals surface area (Å²) in [5, 5.41) is 4.33. The molecule has 4 rings (SSSR count). The SMILES string of the molecule is CC(Nc1cc(=O)n(CC2CCC2)c2ccc(N)cc12)c1ncccn1. The number of rotatable bonds is 5. The molecule has 1 unspecified atom stereocenters. The first-order chi connectivity index (χ1) is 12.6. The fourth-order valence-electron chi connectivity index (χ4n) is 3.48. The molecular weight excluding hydrogens is 326 g/mol. The minimum atomic E-state index is -0.122. The fraction of sp³-hybridized carbons (Fsp3) is 0.350.